The fourth-order valence-corrected chi connectivity index (χ4v) is 2.09. The van der Waals surface area contributed by atoms with Crippen LogP contribution in [0.1, 0.15) is 12.8 Å². The van der Waals surface area contributed by atoms with E-state index in [9.17, 15) is 0 Å². The molecule has 1 aliphatic rings. The third kappa shape index (κ3) is 2.77. The quantitative estimate of drug-likeness (QED) is 0.742. The van der Waals surface area contributed by atoms with Crippen LogP contribution in [0.2, 0.25) is 0 Å². The van der Waals surface area contributed by atoms with Gasteiger partial charge in [0.05, 0.1) is 11.8 Å². The van der Waals surface area contributed by atoms with Crippen molar-refractivity contribution in [1.29, 1.82) is 5.26 Å². The molecule has 0 spiro atoms. The molecule has 20 heavy (non-hydrogen) atoms. The molecule has 2 aromatic rings. The summed E-state index contributed by atoms with van der Waals surface area (Å²) in [5.74, 6) is 1.18. The molecule has 0 radical (unpaired) electrons. The van der Waals surface area contributed by atoms with Crippen LogP contribution in [0.25, 0.3) is 5.95 Å². The van der Waals surface area contributed by atoms with Gasteiger partial charge in [0.2, 0.25) is 17.8 Å². The number of nitrogen functional groups attached to an aromatic ring is 1. The van der Waals surface area contributed by atoms with E-state index in [4.69, 9.17) is 11.0 Å². The Morgan fingerprint density at radius 2 is 2.30 bits per heavy atom. The van der Waals surface area contributed by atoms with Crippen molar-refractivity contribution in [2.45, 2.75) is 24.0 Å². The maximum atomic E-state index is 8.62. The van der Waals surface area contributed by atoms with Gasteiger partial charge < -0.3 is 11.1 Å². The summed E-state index contributed by atoms with van der Waals surface area (Å²) in [6.07, 6.45) is 3.70. The Kier molecular flexibility index (Phi) is 3.34. The zero-order valence-corrected chi connectivity index (χ0v) is 11.2. The molecule has 3 rings (SSSR count). The van der Waals surface area contributed by atoms with Gasteiger partial charge in [0.15, 0.2) is 5.16 Å². The summed E-state index contributed by atoms with van der Waals surface area (Å²) in [5, 5.41) is 20.1. The van der Waals surface area contributed by atoms with E-state index in [1.165, 1.54) is 18.1 Å². The first kappa shape index (κ1) is 12.6. The van der Waals surface area contributed by atoms with Crippen molar-refractivity contribution >= 4 is 23.7 Å². The lowest BCUT2D eigenvalue weighted by Gasteiger charge is -2.07. The van der Waals surface area contributed by atoms with Gasteiger partial charge in [-0.15, -0.1) is 10.2 Å². The minimum atomic E-state index is 0.128. The zero-order chi connectivity index (χ0) is 13.9. The fourth-order valence-electron chi connectivity index (χ4n) is 1.52. The fraction of sp³-hybridized carbons (Fsp3) is 0.400. The van der Waals surface area contributed by atoms with Crippen LogP contribution in [0.4, 0.5) is 11.9 Å². The van der Waals surface area contributed by atoms with Crippen molar-refractivity contribution in [2.24, 2.45) is 0 Å². The summed E-state index contributed by atoms with van der Waals surface area (Å²) in [6, 6.07) is 2.45. The van der Waals surface area contributed by atoms with Crippen molar-refractivity contribution in [3.63, 3.8) is 0 Å². The molecule has 10 heteroatoms. The Hall–Kier alpha value is -2.41. The number of rotatable bonds is 5. The predicted molar refractivity (Wildman–Crippen MR) is 72.1 cm³/mol. The van der Waals surface area contributed by atoms with Crippen LogP contribution < -0.4 is 11.1 Å². The highest BCUT2D eigenvalue weighted by Crippen LogP contribution is 2.24. The zero-order valence-electron chi connectivity index (χ0n) is 10.4. The first-order chi connectivity index (χ1) is 9.76. The number of nitrogens with one attached hydrogen (secondary N) is 1. The first-order valence-corrected chi connectivity index (χ1v) is 6.93. The summed E-state index contributed by atoms with van der Waals surface area (Å²) >= 11 is 1.25. The molecule has 1 fully saturated rings. The molecular weight excluding hydrogens is 278 g/mol. The summed E-state index contributed by atoms with van der Waals surface area (Å²) in [7, 11) is 0. The van der Waals surface area contributed by atoms with E-state index in [1.54, 1.807) is 4.57 Å². The Bertz CT molecular complexity index is 657. The SMILES string of the molecule is N#CCSc1nncn1-c1nc(N)nc(NC2CC2)n1. The minimum absolute atomic E-state index is 0.128. The Morgan fingerprint density at radius 3 is 3.05 bits per heavy atom. The molecule has 0 bridgehead atoms. The smallest absolute Gasteiger partial charge is 0.243 e. The molecule has 102 valence electrons. The van der Waals surface area contributed by atoms with Crippen LogP contribution in [0.3, 0.4) is 0 Å². The average Bonchev–Trinajstić information content (AvgIpc) is 3.10. The van der Waals surface area contributed by atoms with E-state index in [0.717, 1.165) is 12.8 Å². The highest BCUT2D eigenvalue weighted by Gasteiger charge is 2.22. The van der Waals surface area contributed by atoms with Crippen LogP contribution >= 0.6 is 11.8 Å². The van der Waals surface area contributed by atoms with Crippen LogP contribution in [0.15, 0.2) is 11.5 Å². The molecule has 1 aliphatic carbocycles. The number of anilines is 2. The molecule has 2 aromatic heterocycles. The molecule has 0 aromatic carbocycles. The second kappa shape index (κ2) is 5.30. The maximum Gasteiger partial charge on any atom is 0.243 e. The largest absolute Gasteiger partial charge is 0.368 e. The monoisotopic (exact) mass is 289 g/mol. The maximum absolute atomic E-state index is 8.62. The highest BCUT2D eigenvalue weighted by atomic mass is 32.2. The summed E-state index contributed by atoms with van der Waals surface area (Å²) in [5.41, 5.74) is 5.70. The van der Waals surface area contributed by atoms with Gasteiger partial charge in [-0.1, -0.05) is 11.8 Å². The standard InChI is InChI=1S/C10H11N9S/c11-3-4-20-10-18-13-5-19(10)9-16-7(12)15-8(17-9)14-6-1-2-6/h5-6H,1-2,4H2,(H3,12,14,15,16,17). The molecule has 0 saturated heterocycles. The first-order valence-electron chi connectivity index (χ1n) is 5.94. The van der Waals surface area contributed by atoms with Crippen LogP contribution in [0.5, 0.6) is 0 Å². The van der Waals surface area contributed by atoms with E-state index in [0.29, 0.717) is 23.1 Å². The lowest BCUT2D eigenvalue weighted by Crippen LogP contribution is -2.12. The number of hydrogen-bond donors (Lipinski definition) is 2. The van der Waals surface area contributed by atoms with Gasteiger partial charge >= 0.3 is 0 Å². The Balaban J connectivity index is 1.90. The molecule has 9 nitrogen and oxygen atoms in total. The van der Waals surface area contributed by atoms with E-state index in [1.807, 2.05) is 6.07 Å². The van der Waals surface area contributed by atoms with Gasteiger partial charge in [-0.2, -0.15) is 20.2 Å². The summed E-state index contributed by atoms with van der Waals surface area (Å²) in [6.45, 7) is 0. The van der Waals surface area contributed by atoms with Crippen LogP contribution in [0, 0.1) is 11.3 Å². The number of nitrogens with zero attached hydrogens (tertiary/aromatic N) is 7. The lowest BCUT2D eigenvalue weighted by atomic mass is 10.7. The average molecular weight is 289 g/mol. The van der Waals surface area contributed by atoms with E-state index in [2.05, 4.69) is 30.5 Å². The molecule has 0 unspecified atom stereocenters. The van der Waals surface area contributed by atoms with E-state index < -0.39 is 0 Å². The number of hydrogen-bond acceptors (Lipinski definition) is 9. The Labute approximate surface area is 118 Å². The van der Waals surface area contributed by atoms with Gasteiger partial charge in [0.1, 0.15) is 6.33 Å². The van der Waals surface area contributed by atoms with E-state index in [-0.39, 0.29) is 11.7 Å². The van der Waals surface area contributed by atoms with Gasteiger partial charge in [-0.05, 0) is 12.8 Å². The third-order valence-corrected chi connectivity index (χ3v) is 3.36. The number of nitriles is 1. The normalized spacial score (nSPS) is 13.9. The van der Waals surface area contributed by atoms with Crippen molar-refractivity contribution < 1.29 is 0 Å². The second-order valence-corrected chi connectivity index (χ2v) is 5.11. The third-order valence-electron chi connectivity index (χ3n) is 2.55. The van der Waals surface area contributed by atoms with Crippen molar-refractivity contribution in [3.05, 3.63) is 6.33 Å². The summed E-state index contributed by atoms with van der Waals surface area (Å²) < 4.78 is 1.58. The van der Waals surface area contributed by atoms with E-state index >= 15 is 0 Å². The summed E-state index contributed by atoms with van der Waals surface area (Å²) in [4.78, 5) is 12.4. The number of nitrogens with two attached hydrogens (primary N) is 1. The van der Waals surface area contributed by atoms with Crippen LogP contribution in [-0.2, 0) is 0 Å². The molecular formula is C10H11N9S. The predicted octanol–water partition coefficient (Wildman–Crippen LogP) is 0.224. The molecule has 3 N–H and O–H groups in total. The topological polar surface area (TPSA) is 131 Å². The van der Waals surface area contributed by atoms with Crippen molar-refractivity contribution in [3.8, 4) is 12.0 Å². The van der Waals surface area contributed by atoms with Gasteiger partial charge in [-0.3, -0.25) is 0 Å². The van der Waals surface area contributed by atoms with Gasteiger partial charge in [0, 0.05) is 6.04 Å². The minimum Gasteiger partial charge on any atom is -0.368 e. The number of thioether (sulfide) groups is 1. The second-order valence-electron chi connectivity index (χ2n) is 4.17. The van der Waals surface area contributed by atoms with Crippen LogP contribution in [-0.4, -0.2) is 41.5 Å². The van der Waals surface area contributed by atoms with Crippen molar-refractivity contribution in [1.82, 2.24) is 29.7 Å². The van der Waals surface area contributed by atoms with Gasteiger partial charge in [-0.25, -0.2) is 4.57 Å². The molecule has 2 heterocycles. The van der Waals surface area contributed by atoms with Crippen molar-refractivity contribution in [2.75, 3.05) is 16.8 Å². The van der Waals surface area contributed by atoms with Gasteiger partial charge in [0.25, 0.3) is 0 Å². The Morgan fingerprint density at radius 1 is 1.45 bits per heavy atom. The molecule has 0 amide bonds. The lowest BCUT2D eigenvalue weighted by molar-refractivity contribution is 0.813. The molecule has 0 aliphatic heterocycles. The molecule has 1 saturated carbocycles. The molecule has 0 atom stereocenters. The number of aromatic nitrogens is 6. The highest BCUT2D eigenvalue weighted by molar-refractivity contribution is 7.99.